The number of nitrogens with zero attached hydrogens (tertiary/aromatic N) is 5. The highest BCUT2D eigenvalue weighted by Gasteiger charge is 2.17. The highest BCUT2D eigenvalue weighted by molar-refractivity contribution is 5.98. The number of hydrogen-bond acceptors (Lipinski definition) is 6. The molecule has 0 amide bonds. The second-order valence-corrected chi connectivity index (χ2v) is 11.8. The average Bonchev–Trinajstić information content (AvgIpc) is 3.62. The van der Waals surface area contributed by atoms with E-state index in [1.54, 1.807) is 0 Å². The van der Waals surface area contributed by atoms with Gasteiger partial charge in [0.15, 0.2) is 23.1 Å². The number of fused-ring (bicyclic) bond motifs is 2. The zero-order chi connectivity index (χ0) is 32.6. The lowest BCUT2D eigenvalue weighted by Gasteiger charge is -2.13. The molecule has 230 valence electrons. The van der Waals surface area contributed by atoms with Crippen LogP contribution in [0.15, 0.2) is 168 Å². The number of hydrogen-bond donors (Lipinski definition) is 0. The van der Waals surface area contributed by atoms with Gasteiger partial charge in [-0.15, -0.1) is 0 Å². The van der Waals surface area contributed by atoms with Crippen molar-refractivity contribution in [1.82, 2.24) is 24.9 Å². The molecule has 9 rings (SSSR count). The summed E-state index contributed by atoms with van der Waals surface area (Å²) in [5.41, 5.74) is 9.33. The minimum atomic E-state index is 0.589. The van der Waals surface area contributed by atoms with Crippen molar-refractivity contribution in [3.05, 3.63) is 164 Å². The first-order chi connectivity index (χ1) is 24.2. The van der Waals surface area contributed by atoms with E-state index in [9.17, 15) is 0 Å². The topological polar surface area (TPSA) is 77.6 Å². The first kappa shape index (κ1) is 28.4. The van der Waals surface area contributed by atoms with Crippen LogP contribution in [0.4, 0.5) is 0 Å². The van der Waals surface area contributed by atoms with Crippen LogP contribution in [0, 0.1) is 0 Å². The summed E-state index contributed by atoms with van der Waals surface area (Å²) in [5, 5.41) is 2.19. The molecule has 0 atom stereocenters. The van der Waals surface area contributed by atoms with E-state index in [-0.39, 0.29) is 0 Å². The van der Waals surface area contributed by atoms with Crippen molar-refractivity contribution in [1.29, 1.82) is 0 Å². The molecule has 0 aliphatic carbocycles. The third-order valence-electron chi connectivity index (χ3n) is 8.62. The lowest BCUT2D eigenvalue weighted by molar-refractivity contribution is 0.620. The fraction of sp³-hybridized carbons (Fsp3) is 0. The lowest BCUT2D eigenvalue weighted by atomic mass is 9.93. The Hall–Kier alpha value is -6.79. The van der Waals surface area contributed by atoms with E-state index in [1.807, 2.05) is 109 Å². The van der Waals surface area contributed by atoms with Crippen LogP contribution >= 0.6 is 0 Å². The first-order valence-electron chi connectivity index (χ1n) is 16.1. The largest absolute Gasteiger partial charge is 0.436 e. The van der Waals surface area contributed by atoms with Gasteiger partial charge >= 0.3 is 0 Å². The molecule has 0 bridgehead atoms. The molecule has 0 saturated carbocycles. The van der Waals surface area contributed by atoms with Gasteiger partial charge in [-0.25, -0.2) is 19.9 Å². The third kappa shape index (κ3) is 5.51. The molecular formula is C43H27N5O. The second-order valence-electron chi connectivity index (χ2n) is 11.8. The number of oxazole rings is 1. The van der Waals surface area contributed by atoms with Crippen molar-refractivity contribution < 1.29 is 4.42 Å². The predicted molar refractivity (Wildman–Crippen MR) is 195 cm³/mol. The molecule has 0 radical (unpaired) electrons. The molecule has 0 saturated heterocycles. The van der Waals surface area contributed by atoms with Gasteiger partial charge in [-0.1, -0.05) is 103 Å². The van der Waals surface area contributed by atoms with Crippen LogP contribution < -0.4 is 0 Å². The Morgan fingerprint density at radius 1 is 0.408 bits per heavy atom. The molecule has 9 aromatic rings. The molecule has 49 heavy (non-hydrogen) atoms. The lowest BCUT2D eigenvalue weighted by Crippen LogP contribution is -2.00. The Labute approximate surface area is 282 Å². The highest BCUT2D eigenvalue weighted by Crippen LogP contribution is 2.37. The summed E-state index contributed by atoms with van der Waals surface area (Å²) < 4.78 is 6.15. The maximum absolute atomic E-state index is 6.15. The summed E-state index contributed by atoms with van der Waals surface area (Å²) >= 11 is 0. The van der Waals surface area contributed by atoms with Crippen molar-refractivity contribution in [3.63, 3.8) is 0 Å². The minimum Gasteiger partial charge on any atom is -0.436 e. The van der Waals surface area contributed by atoms with E-state index in [0.29, 0.717) is 23.4 Å². The molecule has 0 fully saturated rings. The molecule has 0 unspecified atom stereocenters. The Balaban J connectivity index is 1.26. The van der Waals surface area contributed by atoms with Gasteiger partial charge in [0.1, 0.15) is 5.52 Å². The fourth-order valence-corrected chi connectivity index (χ4v) is 6.20. The SMILES string of the molecule is c1ccc(-c2nc(-c3ccccc3)nc(-c3cc(-c4ccc5oc(-c6ccccc6)nc5c4)cc(-c4cccc5cnccc45)c3)n2)cc1. The quantitative estimate of drug-likeness (QED) is 0.182. The molecule has 6 nitrogen and oxygen atoms in total. The molecule has 0 aliphatic rings. The predicted octanol–water partition coefficient (Wildman–Crippen LogP) is 10.6. The van der Waals surface area contributed by atoms with E-state index >= 15 is 0 Å². The summed E-state index contributed by atoms with van der Waals surface area (Å²) in [5.74, 6) is 2.42. The van der Waals surface area contributed by atoms with E-state index < -0.39 is 0 Å². The van der Waals surface area contributed by atoms with Crippen LogP contribution in [0.3, 0.4) is 0 Å². The van der Waals surface area contributed by atoms with Gasteiger partial charge in [0.05, 0.1) is 0 Å². The van der Waals surface area contributed by atoms with E-state index in [4.69, 9.17) is 24.4 Å². The molecule has 6 heteroatoms. The summed E-state index contributed by atoms with van der Waals surface area (Å²) in [6, 6.07) is 51.1. The van der Waals surface area contributed by atoms with Gasteiger partial charge in [-0.3, -0.25) is 4.98 Å². The molecule has 6 aromatic carbocycles. The van der Waals surface area contributed by atoms with E-state index in [0.717, 1.165) is 66.4 Å². The summed E-state index contributed by atoms with van der Waals surface area (Å²) in [7, 11) is 0. The van der Waals surface area contributed by atoms with Crippen LogP contribution in [-0.2, 0) is 0 Å². The van der Waals surface area contributed by atoms with Crippen LogP contribution in [0.5, 0.6) is 0 Å². The van der Waals surface area contributed by atoms with Gasteiger partial charge in [0.25, 0.3) is 0 Å². The fourth-order valence-electron chi connectivity index (χ4n) is 6.20. The van der Waals surface area contributed by atoms with Crippen LogP contribution in [-0.4, -0.2) is 24.9 Å². The van der Waals surface area contributed by atoms with E-state index in [2.05, 4.69) is 59.6 Å². The molecule has 0 spiro atoms. The number of aromatic nitrogens is 5. The smallest absolute Gasteiger partial charge is 0.227 e. The number of benzene rings is 6. The summed E-state index contributed by atoms with van der Waals surface area (Å²) in [4.78, 5) is 24.3. The maximum atomic E-state index is 6.15. The molecule has 3 aromatic heterocycles. The van der Waals surface area contributed by atoms with E-state index in [1.165, 1.54) is 0 Å². The summed E-state index contributed by atoms with van der Waals surface area (Å²) in [6.07, 6.45) is 3.74. The van der Waals surface area contributed by atoms with Gasteiger partial charge < -0.3 is 4.42 Å². The normalized spacial score (nSPS) is 11.3. The summed E-state index contributed by atoms with van der Waals surface area (Å²) in [6.45, 7) is 0. The standard InChI is InChI=1S/C43H27N5O/c1-4-11-28(12-5-1)40-46-41(29-13-6-2-7-14-29)48-42(47-40)35-24-33(23-34(25-35)36-18-10-17-32-27-44-22-21-37(32)36)31-19-20-39-38(26-31)45-43(49-39)30-15-8-3-9-16-30/h1-27H. The van der Waals surface area contributed by atoms with Crippen molar-refractivity contribution in [2.45, 2.75) is 0 Å². The minimum absolute atomic E-state index is 0.589. The van der Waals surface area contributed by atoms with Gasteiger partial charge in [0, 0.05) is 40.0 Å². The van der Waals surface area contributed by atoms with Gasteiger partial charge in [0.2, 0.25) is 5.89 Å². The van der Waals surface area contributed by atoms with Crippen molar-refractivity contribution in [3.8, 4) is 67.9 Å². The Kier molecular flexibility index (Phi) is 7.02. The molecular weight excluding hydrogens is 603 g/mol. The highest BCUT2D eigenvalue weighted by atomic mass is 16.3. The van der Waals surface area contributed by atoms with Gasteiger partial charge in [-0.2, -0.15) is 0 Å². The molecule has 0 N–H and O–H groups in total. The monoisotopic (exact) mass is 629 g/mol. The van der Waals surface area contributed by atoms with Crippen LogP contribution in [0.2, 0.25) is 0 Å². The second kappa shape index (κ2) is 12.1. The van der Waals surface area contributed by atoms with Crippen LogP contribution in [0.1, 0.15) is 0 Å². The first-order valence-corrected chi connectivity index (χ1v) is 16.1. The number of rotatable bonds is 6. The Morgan fingerprint density at radius 3 is 1.71 bits per heavy atom. The van der Waals surface area contributed by atoms with Crippen molar-refractivity contribution in [2.75, 3.05) is 0 Å². The van der Waals surface area contributed by atoms with Crippen molar-refractivity contribution in [2.24, 2.45) is 0 Å². The zero-order valence-corrected chi connectivity index (χ0v) is 26.2. The van der Waals surface area contributed by atoms with Gasteiger partial charge in [-0.05, 0) is 76.2 Å². The zero-order valence-electron chi connectivity index (χ0n) is 26.2. The Morgan fingerprint density at radius 2 is 1.02 bits per heavy atom. The maximum Gasteiger partial charge on any atom is 0.227 e. The van der Waals surface area contributed by atoms with Crippen molar-refractivity contribution >= 4 is 21.9 Å². The van der Waals surface area contributed by atoms with Crippen LogP contribution in [0.25, 0.3) is 89.7 Å². The Bertz CT molecular complexity index is 2540. The number of pyridine rings is 1. The average molecular weight is 630 g/mol. The third-order valence-corrected chi connectivity index (χ3v) is 8.62. The molecule has 3 heterocycles. The molecule has 0 aliphatic heterocycles.